The molecule has 1 aromatic rings. The fourth-order valence-corrected chi connectivity index (χ4v) is 3.16. The molecule has 1 aromatic carbocycles. The molecule has 1 atom stereocenters. The first-order valence-corrected chi connectivity index (χ1v) is 8.05. The van der Waals surface area contributed by atoms with E-state index in [0.29, 0.717) is 0 Å². The summed E-state index contributed by atoms with van der Waals surface area (Å²) in [4.78, 5) is 0. The van der Waals surface area contributed by atoms with Gasteiger partial charge in [-0.1, -0.05) is 56.4 Å². The molecule has 1 unspecified atom stereocenters. The Labute approximate surface area is 123 Å². The van der Waals surface area contributed by atoms with E-state index in [9.17, 15) is 5.11 Å². The van der Waals surface area contributed by atoms with Crippen molar-refractivity contribution in [3.8, 4) is 0 Å². The largest absolute Gasteiger partial charge is 0.388 e. The van der Waals surface area contributed by atoms with Gasteiger partial charge in [0.25, 0.3) is 0 Å². The lowest BCUT2D eigenvalue weighted by Crippen LogP contribution is -2.08. The average Bonchev–Trinajstić information content (AvgIpc) is 2.52. The highest BCUT2D eigenvalue weighted by atomic mass is 16.5. The summed E-state index contributed by atoms with van der Waals surface area (Å²) in [6.07, 6.45) is 9.62. The summed E-state index contributed by atoms with van der Waals surface area (Å²) in [5.74, 6) is 0.847. The molecule has 0 amide bonds. The minimum absolute atomic E-state index is 0.298. The smallest absolute Gasteiger partial charge is 0.0790 e. The van der Waals surface area contributed by atoms with Crippen LogP contribution in [0.1, 0.15) is 62.2 Å². The van der Waals surface area contributed by atoms with Gasteiger partial charge in [-0.05, 0) is 36.3 Å². The maximum absolute atomic E-state index is 10.3. The predicted octanol–water partition coefficient (Wildman–Crippen LogP) is 4.27. The Morgan fingerprint density at radius 3 is 2.50 bits per heavy atom. The van der Waals surface area contributed by atoms with Crippen molar-refractivity contribution < 1.29 is 9.84 Å². The van der Waals surface area contributed by atoms with Crippen molar-refractivity contribution in [1.29, 1.82) is 0 Å². The van der Waals surface area contributed by atoms with Gasteiger partial charge in [0.1, 0.15) is 0 Å². The van der Waals surface area contributed by atoms with Gasteiger partial charge in [-0.2, -0.15) is 0 Å². The van der Waals surface area contributed by atoms with Crippen molar-refractivity contribution in [3.05, 3.63) is 35.4 Å². The van der Waals surface area contributed by atoms with E-state index in [1.165, 1.54) is 44.1 Å². The summed E-state index contributed by atoms with van der Waals surface area (Å²) in [6.45, 7) is 0.754. The molecular formula is C18H28O2. The van der Waals surface area contributed by atoms with Gasteiger partial charge in [0.2, 0.25) is 0 Å². The molecule has 0 bridgehead atoms. The third kappa shape index (κ3) is 4.92. The van der Waals surface area contributed by atoms with Crippen molar-refractivity contribution in [3.63, 3.8) is 0 Å². The number of methoxy groups -OCH3 is 1. The molecule has 0 aliphatic heterocycles. The number of hydrogen-bond acceptors (Lipinski definition) is 2. The highest BCUT2D eigenvalue weighted by Gasteiger charge is 2.15. The number of rotatable bonds is 7. The van der Waals surface area contributed by atoms with Gasteiger partial charge in [-0.15, -0.1) is 0 Å². The number of benzene rings is 1. The van der Waals surface area contributed by atoms with E-state index < -0.39 is 0 Å². The van der Waals surface area contributed by atoms with Crippen molar-refractivity contribution in [2.75, 3.05) is 13.7 Å². The molecule has 0 saturated heterocycles. The molecule has 0 heterocycles. The average molecular weight is 276 g/mol. The third-order valence-corrected chi connectivity index (χ3v) is 4.53. The number of aliphatic hydroxyl groups is 1. The Bertz CT molecular complexity index is 366. The molecule has 0 aromatic heterocycles. The maximum atomic E-state index is 10.3. The lowest BCUT2D eigenvalue weighted by atomic mass is 9.85. The first-order valence-electron chi connectivity index (χ1n) is 8.05. The normalized spacial score (nSPS) is 18.1. The molecule has 2 heteroatoms. The molecular weight excluding hydrogens is 248 g/mol. The number of ether oxygens (including phenoxy) is 1. The zero-order valence-electron chi connectivity index (χ0n) is 12.7. The van der Waals surface area contributed by atoms with Gasteiger partial charge >= 0.3 is 0 Å². The Kier molecular flexibility index (Phi) is 6.55. The van der Waals surface area contributed by atoms with E-state index in [4.69, 9.17) is 4.74 Å². The number of hydrogen-bond donors (Lipinski definition) is 1. The Hall–Kier alpha value is -0.860. The second-order valence-corrected chi connectivity index (χ2v) is 6.08. The molecule has 1 aliphatic carbocycles. The predicted molar refractivity (Wildman–Crippen MR) is 82.8 cm³/mol. The summed E-state index contributed by atoms with van der Waals surface area (Å²) in [7, 11) is 1.73. The van der Waals surface area contributed by atoms with E-state index in [2.05, 4.69) is 24.3 Å². The molecule has 1 saturated carbocycles. The number of aliphatic hydroxyl groups excluding tert-OH is 1. The van der Waals surface area contributed by atoms with E-state index in [1.807, 2.05) is 0 Å². The van der Waals surface area contributed by atoms with Crippen LogP contribution < -0.4 is 0 Å². The van der Waals surface area contributed by atoms with Crippen molar-refractivity contribution in [2.24, 2.45) is 5.92 Å². The summed E-state index contributed by atoms with van der Waals surface area (Å²) in [5, 5.41) is 10.3. The second kappa shape index (κ2) is 8.43. The Morgan fingerprint density at radius 2 is 1.85 bits per heavy atom. The van der Waals surface area contributed by atoms with Crippen molar-refractivity contribution >= 4 is 0 Å². The third-order valence-electron chi connectivity index (χ3n) is 4.53. The summed E-state index contributed by atoms with van der Waals surface area (Å²) in [6, 6.07) is 8.35. The molecule has 2 nitrogen and oxygen atoms in total. The van der Waals surface area contributed by atoms with Gasteiger partial charge < -0.3 is 9.84 Å². The fraction of sp³-hybridized carbons (Fsp3) is 0.667. The Morgan fingerprint density at radius 1 is 1.15 bits per heavy atom. The summed E-state index contributed by atoms with van der Waals surface area (Å²) in [5.41, 5.74) is 2.33. The molecule has 1 aliphatic rings. The highest BCUT2D eigenvalue weighted by Crippen LogP contribution is 2.30. The molecule has 0 spiro atoms. The molecule has 1 N–H and O–H groups in total. The molecule has 0 radical (unpaired) electrons. The van der Waals surface area contributed by atoms with Gasteiger partial charge in [-0.3, -0.25) is 0 Å². The lowest BCUT2D eigenvalue weighted by Gasteiger charge is -2.22. The van der Waals surface area contributed by atoms with Crippen LogP contribution in [0.4, 0.5) is 0 Å². The lowest BCUT2D eigenvalue weighted by molar-refractivity contribution is 0.151. The van der Waals surface area contributed by atoms with Gasteiger partial charge in [0.05, 0.1) is 12.7 Å². The highest BCUT2D eigenvalue weighted by molar-refractivity contribution is 5.24. The van der Waals surface area contributed by atoms with Crippen LogP contribution in [-0.4, -0.2) is 18.8 Å². The van der Waals surface area contributed by atoms with Crippen LogP contribution in [0.2, 0.25) is 0 Å². The zero-order valence-corrected chi connectivity index (χ0v) is 12.7. The summed E-state index contributed by atoms with van der Waals surface area (Å²) < 4.78 is 5.08. The van der Waals surface area contributed by atoms with E-state index in [-0.39, 0.29) is 6.10 Å². The summed E-state index contributed by atoms with van der Waals surface area (Å²) >= 11 is 0. The molecule has 20 heavy (non-hydrogen) atoms. The van der Waals surface area contributed by atoms with Crippen LogP contribution in [-0.2, 0) is 11.2 Å². The van der Waals surface area contributed by atoms with Gasteiger partial charge in [0.15, 0.2) is 0 Å². The van der Waals surface area contributed by atoms with Crippen molar-refractivity contribution in [2.45, 2.75) is 57.5 Å². The first-order chi connectivity index (χ1) is 9.79. The van der Waals surface area contributed by atoms with Crippen molar-refractivity contribution in [1.82, 2.24) is 0 Å². The maximum Gasteiger partial charge on any atom is 0.0790 e. The minimum atomic E-state index is -0.298. The van der Waals surface area contributed by atoms with Crippen LogP contribution >= 0.6 is 0 Å². The monoisotopic (exact) mass is 276 g/mol. The van der Waals surface area contributed by atoms with Gasteiger partial charge in [-0.25, -0.2) is 0 Å². The topological polar surface area (TPSA) is 29.5 Å². The SMILES string of the molecule is COCCc1ccc(C(O)CCC2CCCCC2)cc1. The van der Waals surface area contributed by atoms with E-state index in [0.717, 1.165) is 30.9 Å². The van der Waals surface area contributed by atoms with Crippen LogP contribution in [0.25, 0.3) is 0 Å². The van der Waals surface area contributed by atoms with Crippen LogP contribution in [0.3, 0.4) is 0 Å². The molecule has 1 fully saturated rings. The van der Waals surface area contributed by atoms with Gasteiger partial charge in [0, 0.05) is 7.11 Å². The zero-order chi connectivity index (χ0) is 14.2. The quantitative estimate of drug-likeness (QED) is 0.806. The van der Waals surface area contributed by atoms with Crippen LogP contribution in [0.15, 0.2) is 24.3 Å². The first kappa shape index (κ1) is 15.5. The minimum Gasteiger partial charge on any atom is -0.388 e. The van der Waals surface area contributed by atoms with E-state index in [1.54, 1.807) is 7.11 Å². The standard InChI is InChI=1S/C18H28O2/c1-20-14-13-16-7-10-17(11-8-16)18(19)12-9-15-5-3-2-4-6-15/h7-8,10-11,15,18-19H,2-6,9,12-14H2,1H3. The Balaban J connectivity index is 1.77. The molecule has 2 rings (SSSR count). The fourth-order valence-electron chi connectivity index (χ4n) is 3.16. The van der Waals surface area contributed by atoms with Crippen LogP contribution in [0.5, 0.6) is 0 Å². The second-order valence-electron chi connectivity index (χ2n) is 6.08. The van der Waals surface area contributed by atoms with Crippen LogP contribution in [0, 0.1) is 5.92 Å². The van der Waals surface area contributed by atoms with E-state index >= 15 is 0 Å². The molecule has 112 valence electrons.